The number of hydrogen-bond acceptors (Lipinski definition) is 1. The third-order valence-electron chi connectivity index (χ3n) is 2.89. The minimum Gasteiger partial charge on any atom is -0.295 e. The first-order valence-corrected chi connectivity index (χ1v) is 6.45. The number of carbonyl (C=O) groups is 1. The van der Waals surface area contributed by atoms with E-state index in [2.05, 4.69) is 26.8 Å². The van der Waals surface area contributed by atoms with Crippen LogP contribution in [0.5, 0.6) is 0 Å². The molecule has 0 fully saturated rings. The first-order chi connectivity index (χ1) is 7.60. The molecule has 1 heteroatoms. The van der Waals surface area contributed by atoms with Crippen LogP contribution in [0.25, 0.3) is 0 Å². The van der Waals surface area contributed by atoms with Crippen LogP contribution in [0, 0.1) is 5.92 Å². The van der Waals surface area contributed by atoms with Gasteiger partial charge in [0.15, 0.2) is 5.78 Å². The molecule has 0 radical (unpaired) electrons. The van der Waals surface area contributed by atoms with Gasteiger partial charge in [-0.3, -0.25) is 4.79 Å². The fourth-order valence-corrected chi connectivity index (χ4v) is 1.69. The van der Waals surface area contributed by atoms with Crippen LogP contribution in [-0.2, 0) is 4.79 Å². The molecule has 0 aliphatic rings. The molecule has 1 nitrogen and oxygen atoms in total. The Labute approximate surface area is 101 Å². The molecule has 0 saturated heterocycles. The normalized spacial score (nSPS) is 12.8. The predicted molar refractivity (Wildman–Crippen MR) is 71.5 cm³/mol. The second-order valence-electron chi connectivity index (χ2n) is 4.50. The van der Waals surface area contributed by atoms with Crippen LogP contribution >= 0.6 is 0 Å². The van der Waals surface area contributed by atoms with Crippen molar-refractivity contribution in [3.8, 4) is 0 Å². The number of allylic oxidation sites excluding steroid dienone is 4. The molecule has 1 atom stereocenters. The van der Waals surface area contributed by atoms with Gasteiger partial charge < -0.3 is 0 Å². The highest BCUT2D eigenvalue weighted by molar-refractivity contribution is 5.87. The van der Waals surface area contributed by atoms with E-state index in [4.69, 9.17) is 0 Å². The van der Waals surface area contributed by atoms with Crippen LogP contribution in [-0.4, -0.2) is 5.78 Å². The Morgan fingerprint density at radius 2 is 1.88 bits per heavy atom. The molecular weight excluding hydrogens is 196 g/mol. The molecule has 0 saturated carbocycles. The third-order valence-corrected chi connectivity index (χ3v) is 2.89. The number of carbonyl (C=O) groups excluding carboxylic acids is 1. The second kappa shape index (κ2) is 9.38. The summed E-state index contributed by atoms with van der Waals surface area (Å²) in [6.45, 7) is 8.28. The van der Waals surface area contributed by atoms with Crippen LogP contribution in [0.1, 0.15) is 59.8 Å². The Morgan fingerprint density at radius 1 is 1.25 bits per heavy atom. The Bertz CT molecular complexity index is 242. The molecule has 16 heavy (non-hydrogen) atoms. The van der Waals surface area contributed by atoms with Crippen LogP contribution in [0.4, 0.5) is 0 Å². The molecule has 0 aromatic rings. The van der Waals surface area contributed by atoms with E-state index in [1.165, 1.54) is 25.7 Å². The average Bonchev–Trinajstić information content (AvgIpc) is 2.24. The summed E-state index contributed by atoms with van der Waals surface area (Å²) in [6.07, 6.45) is 11.8. The largest absolute Gasteiger partial charge is 0.295 e. The molecule has 0 aromatic carbocycles. The summed E-state index contributed by atoms with van der Waals surface area (Å²) >= 11 is 0. The number of ketones is 1. The van der Waals surface area contributed by atoms with Gasteiger partial charge in [-0.2, -0.15) is 0 Å². The van der Waals surface area contributed by atoms with E-state index in [9.17, 15) is 4.79 Å². The van der Waals surface area contributed by atoms with Gasteiger partial charge in [0.1, 0.15) is 0 Å². The molecular formula is C15H26O. The van der Waals surface area contributed by atoms with Crippen molar-refractivity contribution in [3.63, 3.8) is 0 Å². The van der Waals surface area contributed by atoms with E-state index in [1.807, 2.05) is 6.08 Å². The summed E-state index contributed by atoms with van der Waals surface area (Å²) in [5.74, 6) is 0.813. The van der Waals surface area contributed by atoms with Crippen LogP contribution < -0.4 is 0 Å². The summed E-state index contributed by atoms with van der Waals surface area (Å²) in [7, 11) is 0. The molecule has 1 unspecified atom stereocenters. The molecule has 0 N–H and O–H groups in total. The standard InChI is InChI=1S/C15H26O/c1-5-15(6-2)12-8-10-13(3)9-7-11-14(4)16/h7,11-13H,5-6,8-10H2,1-4H3. The van der Waals surface area contributed by atoms with Gasteiger partial charge in [-0.05, 0) is 51.0 Å². The topological polar surface area (TPSA) is 17.1 Å². The first kappa shape index (κ1) is 15.2. The quantitative estimate of drug-likeness (QED) is 0.430. The van der Waals surface area contributed by atoms with E-state index in [0.29, 0.717) is 5.92 Å². The van der Waals surface area contributed by atoms with Gasteiger partial charge in [0, 0.05) is 0 Å². The van der Waals surface area contributed by atoms with Gasteiger partial charge in [-0.15, -0.1) is 0 Å². The Morgan fingerprint density at radius 3 is 2.38 bits per heavy atom. The highest BCUT2D eigenvalue weighted by Crippen LogP contribution is 2.14. The predicted octanol–water partition coefficient (Wildman–Crippen LogP) is 4.68. The third kappa shape index (κ3) is 8.46. The van der Waals surface area contributed by atoms with Crippen molar-refractivity contribution in [3.05, 3.63) is 23.8 Å². The Hall–Kier alpha value is -0.850. The fraction of sp³-hybridized carbons (Fsp3) is 0.667. The lowest BCUT2D eigenvalue weighted by molar-refractivity contribution is -0.112. The van der Waals surface area contributed by atoms with Crippen molar-refractivity contribution in [1.29, 1.82) is 0 Å². The van der Waals surface area contributed by atoms with Crippen LogP contribution in [0.3, 0.4) is 0 Å². The smallest absolute Gasteiger partial charge is 0.152 e. The molecule has 0 amide bonds. The molecule has 0 aliphatic heterocycles. The van der Waals surface area contributed by atoms with E-state index in [-0.39, 0.29) is 5.78 Å². The monoisotopic (exact) mass is 222 g/mol. The molecule has 0 aromatic heterocycles. The van der Waals surface area contributed by atoms with Crippen LogP contribution in [0.15, 0.2) is 23.8 Å². The van der Waals surface area contributed by atoms with Crippen molar-refractivity contribution in [1.82, 2.24) is 0 Å². The van der Waals surface area contributed by atoms with Crippen molar-refractivity contribution < 1.29 is 4.79 Å². The highest BCUT2D eigenvalue weighted by Gasteiger charge is 1.98. The van der Waals surface area contributed by atoms with Gasteiger partial charge >= 0.3 is 0 Å². The lowest BCUT2D eigenvalue weighted by Gasteiger charge is -2.07. The van der Waals surface area contributed by atoms with E-state index in [1.54, 1.807) is 18.6 Å². The number of hydrogen-bond donors (Lipinski definition) is 0. The summed E-state index contributed by atoms with van der Waals surface area (Å²) < 4.78 is 0. The minimum absolute atomic E-state index is 0.145. The van der Waals surface area contributed by atoms with Gasteiger partial charge in [-0.1, -0.05) is 38.5 Å². The molecule has 0 heterocycles. The maximum Gasteiger partial charge on any atom is 0.152 e. The van der Waals surface area contributed by atoms with E-state index < -0.39 is 0 Å². The Kier molecular flexibility index (Phi) is 8.88. The lowest BCUT2D eigenvalue weighted by atomic mass is 9.99. The second-order valence-corrected chi connectivity index (χ2v) is 4.50. The number of rotatable bonds is 8. The van der Waals surface area contributed by atoms with Crippen molar-refractivity contribution in [2.24, 2.45) is 5.92 Å². The highest BCUT2D eigenvalue weighted by atomic mass is 16.1. The summed E-state index contributed by atoms with van der Waals surface area (Å²) in [4.78, 5) is 10.7. The van der Waals surface area contributed by atoms with Gasteiger partial charge in [-0.25, -0.2) is 0 Å². The van der Waals surface area contributed by atoms with Crippen molar-refractivity contribution in [2.45, 2.75) is 59.8 Å². The average molecular weight is 222 g/mol. The summed E-state index contributed by atoms with van der Waals surface area (Å²) in [6, 6.07) is 0. The molecule has 0 rings (SSSR count). The molecule has 0 spiro atoms. The maximum absolute atomic E-state index is 10.7. The zero-order valence-electron chi connectivity index (χ0n) is 11.3. The van der Waals surface area contributed by atoms with Gasteiger partial charge in [0.2, 0.25) is 0 Å². The molecule has 0 bridgehead atoms. The first-order valence-electron chi connectivity index (χ1n) is 6.45. The SMILES string of the molecule is CCC(=CCCC(C)CC=CC(C)=O)CC. The summed E-state index contributed by atoms with van der Waals surface area (Å²) in [5, 5.41) is 0. The van der Waals surface area contributed by atoms with Crippen LogP contribution in [0.2, 0.25) is 0 Å². The van der Waals surface area contributed by atoms with E-state index in [0.717, 1.165) is 6.42 Å². The zero-order chi connectivity index (χ0) is 12.4. The van der Waals surface area contributed by atoms with E-state index >= 15 is 0 Å². The van der Waals surface area contributed by atoms with Crippen molar-refractivity contribution in [2.75, 3.05) is 0 Å². The Balaban J connectivity index is 3.77. The zero-order valence-corrected chi connectivity index (χ0v) is 11.3. The van der Waals surface area contributed by atoms with Gasteiger partial charge in [0.25, 0.3) is 0 Å². The van der Waals surface area contributed by atoms with Crippen molar-refractivity contribution >= 4 is 5.78 Å². The molecule has 92 valence electrons. The lowest BCUT2D eigenvalue weighted by Crippen LogP contribution is -1.92. The molecule has 0 aliphatic carbocycles. The fourth-order valence-electron chi connectivity index (χ4n) is 1.69. The summed E-state index contributed by atoms with van der Waals surface area (Å²) in [5.41, 5.74) is 1.56. The maximum atomic E-state index is 10.7. The minimum atomic E-state index is 0.145. The van der Waals surface area contributed by atoms with Gasteiger partial charge in [0.05, 0.1) is 0 Å².